The minimum Gasteiger partial charge on any atom is -0.465 e. The maximum absolute atomic E-state index is 11.4. The Bertz CT molecular complexity index is 477. The number of methoxy groups -OCH3 is 1. The second-order valence-electron chi connectivity index (χ2n) is 2.87. The third kappa shape index (κ3) is 2.84. The Kier molecular flexibility index (Phi) is 4.53. The number of carbonyl (C=O) groups excluding carboxylic acids is 1. The highest BCUT2D eigenvalue weighted by atomic mass is 35.5. The van der Waals surface area contributed by atoms with Crippen LogP contribution in [0.5, 0.6) is 0 Å². The average molecular weight is 256 g/mol. The summed E-state index contributed by atoms with van der Waals surface area (Å²) < 4.78 is 4.59. The van der Waals surface area contributed by atoms with Crippen LogP contribution < -0.4 is 5.73 Å². The maximum Gasteiger partial charge on any atom is 0.340 e. The zero-order valence-electron chi connectivity index (χ0n) is 8.58. The first-order valence-electron chi connectivity index (χ1n) is 4.37. The van der Waals surface area contributed by atoms with Crippen LogP contribution in [0.15, 0.2) is 12.1 Å². The third-order valence-electron chi connectivity index (χ3n) is 1.85. The number of ether oxygens (including phenoxy) is 1. The summed E-state index contributed by atoms with van der Waals surface area (Å²) in [4.78, 5) is 11.4. The molecule has 0 aliphatic carbocycles. The number of halogens is 1. The largest absolute Gasteiger partial charge is 0.465 e. The van der Waals surface area contributed by atoms with Crippen LogP contribution in [0.4, 0.5) is 5.69 Å². The van der Waals surface area contributed by atoms with Gasteiger partial charge in [-0.05, 0) is 12.1 Å². The number of nitrogens with two attached hydrogens (primary N) is 1. The summed E-state index contributed by atoms with van der Waals surface area (Å²) in [6.07, 6.45) is 0. The molecule has 3 nitrogen and oxygen atoms in total. The molecule has 0 aliphatic heterocycles. The van der Waals surface area contributed by atoms with Crippen molar-refractivity contribution in [2.45, 2.75) is 0 Å². The third-order valence-corrected chi connectivity index (χ3v) is 2.32. The SMILES string of the molecule is COC(=O)c1cc(C#CCS)c(Cl)cc1N. The Morgan fingerprint density at radius 2 is 2.31 bits per heavy atom. The van der Waals surface area contributed by atoms with Gasteiger partial charge in [-0.25, -0.2) is 4.79 Å². The molecule has 1 rings (SSSR count). The monoisotopic (exact) mass is 255 g/mol. The first-order chi connectivity index (χ1) is 7.60. The van der Waals surface area contributed by atoms with Crippen molar-refractivity contribution in [1.29, 1.82) is 0 Å². The molecule has 0 amide bonds. The van der Waals surface area contributed by atoms with Crippen LogP contribution in [0, 0.1) is 11.8 Å². The van der Waals surface area contributed by atoms with E-state index in [-0.39, 0.29) is 11.3 Å². The lowest BCUT2D eigenvalue weighted by atomic mass is 10.1. The fourth-order valence-corrected chi connectivity index (χ4v) is 1.40. The van der Waals surface area contributed by atoms with Gasteiger partial charge in [0.25, 0.3) is 0 Å². The van der Waals surface area contributed by atoms with Gasteiger partial charge in [-0.15, -0.1) is 0 Å². The van der Waals surface area contributed by atoms with Crippen molar-refractivity contribution in [2.24, 2.45) is 0 Å². The van der Waals surface area contributed by atoms with Gasteiger partial charge in [0.1, 0.15) is 0 Å². The fourth-order valence-electron chi connectivity index (χ4n) is 1.11. The van der Waals surface area contributed by atoms with Crippen molar-refractivity contribution in [2.75, 3.05) is 18.6 Å². The number of hydrogen-bond acceptors (Lipinski definition) is 4. The van der Waals surface area contributed by atoms with Crippen molar-refractivity contribution >= 4 is 35.9 Å². The van der Waals surface area contributed by atoms with E-state index < -0.39 is 5.97 Å². The van der Waals surface area contributed by atoms with E-state index in [0.29, 0.717) is 16.3 Å². The van der Waals surface area contributed by atoms with Crippen LogP contribution in [0.2, 0.25) is 5.02 Å². The lowest BCUT2D eigenvalue weighted by Crippen LogP contribution is -2.06. The molecule has 16 heavy (non-hydrogen) atoms. The first-order valence-corrected chi connectivity index (χ1v) is 5.38. The lowest BCUT2D eigenvalue weighted by molar-refractivity contribution is 0.0602. The number of esters is 1. The van der Waals surface area contributed by atoms with Crippen molar-refractivity contribution in [3.05, 3.63) is 28.3 Å². The highest BCUT2D eigenvalue weighted by molar-refractivity contribution is 7.80. The van der Waals surface area contributed by atoms with Crippen molar-refractivity contribution in [3.63, 3.8) is 0 Å². The molecule has 0 saturated heterocycles. The molecule has 84 valence electrons. The van der Waals surface area contributed by atoms with Gasteiger partial charge in [0, 0.05) is 11.3 Å². The molecule has 0 aliphatic rings. The number of hydrogen-bond donors (Lipinski definition) is 2. The van der Waals surface area contributed by atoms with Crippen molar-refractivity contribution in [3.8, 4) is 11.8 Å². The number of thiol groups is 1. The summed E-state index contributed by atoms with van der Waals surface area (Å²) in [6.45, 7) is 0. The molecule has 5 heteroatoms. The molecule has 1 aromatic rings. The predicted molar refractivity (Wildman–Crippen MR) is 67.9 cm³/mol. The summed E-state index contributed by atoms with van der Waals surface area (Å²) in [5, 5.41) is 0.402. The van der Waals surface area contributed by atoms with Gasteiger partial charge in [-0.3, -0.25) is 0 Å². The van der Waals surface area contributed by atoms with Crippen LogP contribution >= 0.6 is 24.2 Å². The molecule has 0 bridgehead atoms. The minimum absolute atomic E-state index is 0.260. The van der Waals surface area contributed by atoms with E-state index in [9.17, 15) is 4.79 Å². The van der Waals surface area contributed by atoms with Crippen LogP contribution in [-0.2, 0) is 4.74 Å². The van der Waals surface area contributed by atoms with E-state index in [1.165, 1.54) is 19.2 Å². The number of nitrogen functional groups attached to an aromatic ring is 1. The van der Waals surface area contributed by atoms with Gasteiger partial charge in [0.2, 0.25) is 0 Å². The quantitative estimate of drug-likeness (QED) is 0.349. The normalized spacial score (nSPS) is 9.19. The second kappa shape index (κ2) is 5.69. The molecule has 0 radical (unpaired) electrons. The van der Waals surface area contributed by atoms with Gasteiger partial charge < -0.3 is 10.5 Å². The lowest BCUT2D eigenvalue weighted by Gasteiger charge is -2.05. The zero-order chi connectivity index (χ0) is 12.1. The molecule has 0 saturated carbocycles. The van der Waals surface area contributed by atoms with E-state index >= 15 is 0 Å². The van der Waals surface area contributed by atoms with Crippen LogP contribution in [-0.4, -0.2) is 18.8 Å². The van der Waals surface area contributed by atoms with Crippen LogP contribution in [0.3, 0.4) is 0 Å². The summed E-state index contributed by atoms with van der Waals surface area (Å²) >= 11 is 9.88. The molecule has 0 fully saturated rings. The second-order valence-corrected chi connectivity index (χ2v) is 3.59. The summed E-state index contributed by atoms with van der Waals surface area (Å²) in [5.41, 5.74) is 6.71. The summed E-state index contributed by atoms with van der Waals surface area (Å²) in [6, 6.07) is 3.00. The maximum atomic E-state index is 11.4. The van der Waals surface area contributed by atoms with Crippen molar-refractivity contribution in [1.82, 2.24) is 0 Å². The highest BCUT2D eigenvalue weighted by Gasteiger charge is 2.12. The van der Waals surface area contributed by atoms with Crippen LogP contribution in [0.25, 0.3) is 0 Å². The highest BCUT2D eigenvalue weighted by Crippen LogP contribution is 2.23. The van der Waals surface area contributed by atoms with E-state index in [1.807, 2.05) is 0 Å². The molecular formula is C11H10ClNO2S. The topological polar surface area (TPSA) is 52.3 Å². The van der Waals surface area contributed by atoms with Gasteiger partial charge in [-0.2, -0.15) is 12.6 Å². The number of benzene rings is 1. The number of rotatable bonds is 1. The van der Waals surface area contributed by atoms with Crippen LogP contribution in [0.1, 0.15) is 15.9 Å². The Labute approximate surface area is 104 Å². The molecule has 2 N–H and O–H groups in total. The number of carbonyl (C=O) groups is 1. The molecule has 1 aromatic carbocycles. The van der Waals surface area contributed by atoms with Gasteiger partial charge in [0.15, 0.2) is 0 Å². The van der Waals surface area contributed by atoms with Gasteiger partial charge >= 0.3 is 5.97 Å². The molecule has 0 unspecified atom stereocenters. The summed E-state index contributed by atoms with van der Waals surface area (Å²) in [7, 11) is 1.29. The first kappa shape index (κ1) is 12.8. The average Bonchev–Trinajstić information content (AvgIpc) is 2.27. The Morgan fingerprint density at radius 1 is 1.62 bits per heavy atom. The molecular weight excluding hydrogens is 246 g/mol. The molecule has 0 heterocycles. The number of anilines is 1. The smallest absolute Gasteiger partial charge is 0.340 e. The van der Waals surface area contributed by atoms with Gasteiger partial charge in [0.05, 0.1) is 23.4 Å². The minimum atomic E-state index is -0.511. The molecule has 0 aromatic heterocycles. The van der Waals surface area contributed by atoms with E-state index in [2.05, 4.69) is 29.2 Å². The summed E-state index contributed by atoms with van der Waals surface area (Å²) in [5.74, 6) is 5.43. The van der Waals surface area contributed by atoms with Crippen molar-refractivity contribution < 1.29 is 9.53 Å². The Balaban J connectivity index is 3.26. The van der Waals surface area contributed by atoms with E-state index in [4.69, 9.17) is 17.3 Å². The van der Waals surface area contributed by atoms with E-state index in [1.54, 1.807) is 0 Å². The molecule has 0 atom stereocenters. The van der Waals surface area contributed by atoms with E-state index in [0.717, 1.165) is 0 Å². The Morgan fingerprint density at radius 3 is 2.88 bits per heavy atom. The predicted octanol–water partition coefficient (Wildman–Crippen LogP) is 1.99. The van der Waals surface area contributed by atoms with Gasteiger partial charge in [-0.1, -0.05) is 23.4 Å². The Hall–Kier alpha value is -1.31. The zero-order valence-corrected chi connectivity index (χ0v) is 10.2. The fraction of sp³-hybridized carbons (Fsp3) is 0.182. The molecule has 0 spiro atoms. The standard InChI is InChI=1S/C11H10ClNO2S/c1-15-11(14)8-5-7(3-2-4-16)9(12)6-10(8)13/h5-6,16H,4,13H2,1H3.